The van der Waals surface area contributed by atoms with Gasteiger partial charge in [0, 0.05) is 19.0 Å². The zero-order valence-electron chi connectivity index (χ0n) is 18.9. The Morgan fingerprint density at radius 3 is 2.75 bits per heavy atom. The normalized spacial score (nSPS) is 23.7. The number of nitrogens with two attached hydrogens (primary N) is 1. The van der Waals surface area contributed by atoms with Crippen LogP contribution in [0.1, 0.15) is 42.6 Å². The van der Waals surface area contributed by atoms with E-state index in [0.29, 0.717) is 19.1 Å². The second-order valence-corrected chi connectivity index (χ2v) is 8.59. The van der Waals surface area contributed by atoms with Crippen LogP contribution in [0.5, 0.6) is 5.88 Å². The summed E-state index contributed by atoms with van der Waals surface area (Å²) in [5, 5.41) is 10.4. The number of hydrogen-bond donors (Lipinski definition) is 1. The van der Waals surface area contributed by atoms with Crippen molar-refractivity contribution in [3.63, 3.8) is 0 Å². The molecule has 0 spiro atoms. The van der Waals surface area contributed by atoms with Gasteiger partial charge in [-0.3, -0.25) is 4.98 Å². The molecule has 0 saturated carbocycles. The molecule has 3 aromatic heterocycles. The lowest BCUT2D eigenvalue weighted by Gasteiger charge is -2.23. The first-order valence-corrected chi connectivity index (χ1v) is 11.2. The molecule has 0 radical (unpaired) electrons. The van der Waals surface area contributed by atoms with Crippen molar-refractivity contribution in [2.24, 2.45) is 12.8 Å². The average molecular weight is 439 g/mol. The van der Waals surface area contributed by atoms with Gasteiger partial charge in [0.05, 0.1) is 53.1 Å². The van der Waals surface area contributed by atoms with Crippen molar-refractivity contribution in [2.75, 3.05) is 19.8 Å². The fourth-order valence-corrected chi connectivity index (χ4v) is 4.66. The summed E-state index contributed by atoms with van der Waals surface area (Å²) in [6.07, 6.45) is 4.65. The molecule has 0 aliphatic carbocycles. The zero-order chi connectivity index (χ0) is 22.4. The molecule has 32 heavy (non-hydrogen) atoms. The highest BCUT2D eigenvalue weighted by molar-refractivity contribution is 5.92. The molecule has 0 bridgehead atoms. The Hall–Kier alpha value is -2.75. The van der Waals surface area contributed by atoms with Crippen molar-refractivity contribution in [2.45, 2.75) is 51.5 Å². The van der Waals surface area contributed by atoms with Crippen LogP contribution in [0.15, 0.2) is 12.6 Å². The predicted octanol–water partition coefficient (Wildman–Crippen LogP) is 2.90. The topological polar surface area (TPSA) is 102 Å². The van der Waals surface area contributed by atoms with Crippen LogP contribution in [0.2, 0.25) is 0 Å². The van der Waals surface area contributed by atoms with E-state index in [4.69, 9.17) is 30.0 Å². The van der Waals surface area contributed by atoms with Gasteiger partial charge in [-0.05, 0) is 45.3 Å². The van der Waals surface area contributed by atoms with Crippen molar-refractivity contribution in [3.8, 4) is 17.1 Å². The molecule has 9 nitrogen and oxygen atoms in total. The third-order valence-electron chi connectivity index (χ3n) is 6.27. The summed E-state index contributed by atoms with van der Waals surface area (Å²) in [6, 6.07) is 1.88. The van der Waals surface area contributed by atoms with Gasteiger partial charge in [-0.1, -0.05) is 6.58 Å². The van der Waals surface area contributed by atoms with Crippen molar-refractivity contribution in [1.29, 1.82) is 0 Å². The van der Waals surface area contributed by atoms with Gasteiger partial charge in [0.15, 0.2) is 6.23 Å². The number of nitrogens with zero attached hydrogens (tertiary/aromatic N) is 5. The largest absolute Gasteiger partial charge is 0.470 e. The molecular weight excluding hydrogens is 408 g/mol. The Kier molecular flexibility index (Phi) is 5.48. The van der Waals surface area contributed by atoms with Crippen molar-refractivity contribution >= 4 is 17.0 Å². The molecule has 3 atom stereocenters. The third-order valence-corrected chi connectivity index (χ3v) is 6.27. The number of pyridine rings is 1. The van der Waals surface area contributed by atoms with Crippen LogP contribution in [0.3, 0.4) is 0 Å². The van der Waals surface area contributed by atoms with Gasteiger partial charge in [0.1, 0.15) is 6.10 Å². The molecule has 2 fully saturated rings. The van der Waals surface area contributed by atoms with E-state index in [1.54, 1.807) is 10.8 Å². The molecular formula is C23H30N6O3. The van der Waals surface area contributed by atoms with E-state index in [9.17, 15) is 0 Å². The zero-order valence-corrected chi connectivity index (χ0v) is 18.9. The molecule has 2 N–H and O–H groups in total. The van der Waals surface area contributed by atoms with Gasteiger partial charge in [-0.2, -0.15) is 10.2 Å². The van der Waals surface area contributed by atoms with Crippen LogP contribution in [0.25, 0.3) is 28.2 Å². The Morgan fingerprint density at radius 1 is 1.22 bits per heavy atom. The minimum atomic E-state index is -0.219. The lowest BCUT2D eigenvalue weighted by Crippen LogP contribution is -2.37. The third kappa shape index (κ3) is 3.50. The van der Waals surface area contributed by atoms with Crippen LogP contribution >= 0.6 is 0 Å². The van der Waals surface area contributed by atoms with Gasteiger partial charge >= 0.3 is 0 Å². The van der Waals surface area contributed by atoms with Crippen molar-refractivity contribution in [3.05, 3.63) is 29.7 Å². The lowest BCUT2D eigenvalue weighted by molar-refractivity contribution is -0.0368. The monoisotopic (exact) mass is 438 g/mol. The van der Waals surface area contributed by atoms with Crippen molar-refractivity contribution < 1.29 is 14.2 Å². The van der Waals surface area contributed by atoms with Gasteiger partial charge in [-0.25, -0.2) is 9.36 Å². The minimum absolute atomic E-state index is 0.0748. The summed E-state index contributed by atoms with van der Waals surface area (Å²) in [5.41, 5.74) is 11.3. The van der Waals surface area contributed by atoms with Gasteiger partial charge < -0.3 is 19.9 Å². The Labute approximate surface area is 187 Å². The van der Waals surface area contributed by atoms with Crippen LogP contribution in [-0.4, -0.2) is 56.5 Å². The smallest absolute Gasteiger partial charge is 0.221 e. The quantitative estimate of drug-likeness (QED) is 0.653. The molecule has 2 saturated heterocycles. The lowest BCUT2D eigenvalue weighted by atomic mass is 10.1. The van der Waals surface area contributed by atoms with E-state index < -0.39 is 0 Å². The highest BCUT2D eigenvalue weighted by Gasteiger charge is 2.30. The SMILES string of the molecule is C=Cc1nn(C2CCCCO2)c2c(C)nc(-c3c(C)nn(C)c3O[C@H]3COC[C@H]3N)cc12. The van der Waals surface area contributed by atoms with Crippen LogP contribution < -0.4 is 10.5 Å². The number of rotatable bonds is 5. The van der Waals surface area contributed by atoms with Gasteiger partial charge in [0.2, 0.25) is 5.88 Å². The highest BCUT2D eigenvalue weighted by Crippen LogP contribution is 2.37. The molecule has 5 rings (SSSR count). The Bertz CT molecular complexity index is 1160. The van der Waals surface area contributed by atoms with Crippen molar-refractivity contribution in [1.82, 2.24) is 24.5 Å². The second kappa shape index (κ2) is 8.31. The first-order chi connectivity index (χ1) is 15.5. The first kappa shape index (κ1) is 21.1. The molecule has 170 valence electrons. The maximum Gasteiger partial charge on any atom is 0.221 e. The summed E-state index contributed by atoms with van der Waals surface area (Å²) >= 11 is 0. The molecule has 5 heterocycles. The summed E-state index contributed by atoms with van der Waals surface area (Å²) < 4.78 is 21.5. The molecule has 1 unspecified atom stereocenters. The van der Waals surface area contributed by atoms with E-state index in [0.717, 1.165) is 65.1 Å². The molecule has 0 aromatic carbocycles. The van der Waals surface area contributed by atoms with E-state index in [1.807, 2.05) is 31.6 Å². The van der Waals surface area contributed by atoms with E-state index in [1.165, 1.54) is 0 Å². The van der Waals surface area contributed by atoms with Gasteiger partial charge in [0.25, 0.3) is 0 Å². The first-order valence-electron chi connectivity index (χ1n) is 11.2. The minimum Gasteiger partial charge on any atom is -0.470 e. The van der Waals surface area contributed by atoms with E-state index in [2.05, 4.69) is 11.7 Å². The average Bonchev–Trinajstić information content (AvgIpc) is 3.44. The van der Waals surface area contributed by atoms with Crippen LogP contribution in [0, 0.1) is 13.8 Å². The van der Waals surface area contributed by atoms with Crippen LogP contribution in [0.4, 0.5) is 0 Å². The number of aryl methyl sites for hydroxylation is 3. The maximum absolute atomic E-state index is 6.28. The predicted molar refractivity (Wildman–Crippen MR) is 121 cm³/mol. The van der Waals surface area contributed by atoms with Gasteiger partial charge in [-0.15, -0.1) is 0 Å². The number of fused-ring (bicyclic) bond motifs is 1. The summed E-state index contributed by atoms with van der Waals surface area (Å²) in [6.45, 7) is 9.66. The highest BCUT2D eigenvalue weighted by atomic mass is 16.6. The molecule has 0 amide bonds. The van der Waals surface area contributed by atoms with Crippen LogP contribution in [-0.2, 0) is 16.5 Å². The Balaban J connectivity index is 1.62. The number of hydrogen-bond acceptors (Lipinski definition) is 7. The molecule has 2 aliphatic rings. The number of aromatic nitrogens is 5. The molecule has 9 heteroatoms. The summed E-state index contributed by atoms with van der Waals surface area (Å²) in [5.74, 6) is 0.642. The standard InChI is InChI=1S/C23H30N6O3/c1-5-17-15-10-18(25-14(3)22(15)29(27-17)20-8-6-7-9-31-20)21-13(2)26-28(4)23(21)32-19-12-30-11-16(19)24/h5,10,16,19-20H,1,6-9,11-12,24H2,2-4H3/t16-,19+,20?/m1/s1. The molecule has 2 aliphatic heterocycles. The summed E-state index contributed by atoms with van der Waals surface area (Å²) in [7, 11) is 1.87. The summed E-state index contributed by atoms with van der Waals surface area (Å²) in [4.78, 5) is 4.96. The second-order valence-electron chi connectivity index (χ2n) is 8.59. The maximum atomic E-state index is 6.28. The van der Waals surface area contributed by atoms with E-state index in [-0.39, 0.29) is 18.4 Å². The fraction of sp³-hybridized carbons (Fsp3) is 0.522. The molecule has 3 aromatic rings. The fourth-order valence-electron chi connectivity index (χ4n) is 4.66. The number of ether oxygens (including phenoxy) is 3. The van der Waals surface area contributed by atoms with E-state index >= 15 is 0 Å². The Morgan fingerprint density at radius 2 is 2.06 bits per heavy atom.